The van der Waals surface area contributed by atoms with E-state index in [1.54, 1.807) is 12.1 Å². The number of alkyl halides is 3. The van der Waals surface area contributed by atoms with E-state index in [2.05, 4.69) is 10.1 Å². The lowest BCUT2D eigenvalue weighted by Crippen LogP contribution is -2.19. The predicted molar refractivity (Wildman–Crippen MR) is 94.5 cm³/mol. The molecule has 0 aliphatic carbocycles. The van der Waals surface area contributed by atoms with Gasteiger partial charge in [0.15, 0.2) is 11.5 Å². The predicted octanol–water partition coefficient (Wildman–Crippen LogP) is 5.45. The normalized spacial score (nSPS) is 11.5. The molecule has 0 saturated carbocycles. The van der Waals surface area contributed by atoms with E-state index in [1.165, 1.54) is 30.0 Å². The highest BCUT2D eigenvalue weighted by molar-refractivity contribution is 7.97. The molecule has 0 atom stereocenters. The SMILES string of the molecule is CSCc1c(C(=O)Nc2ccccc2OC(F)(F)F)oc2ccccc12. The zero-order valence-corrected chi connectivity index (χ0v) is 14.4. The van der Waals surface area contributed by atoms with Gasteiger partial charge in [0, 0.05) is 16.7 Å². The molecule has 0 radical (unpaired) electrons. The van der Waals surface area contributed by atoms with Gasteiger partial charge in [0.05, 0.1) is 5.69 Å². The number of thioether (sulfide) groups is 1. The molecule has 3 rings (SSSR count). The van der Waals surface area contributed by atoms with E-state index in [0.29, 0.717) is 16.9 Å². The summed E-state index contributed by atoms with van der Waals surface area (Å²) in [5, 5.41) is 3.24. The number of ether oxygens (including phenoxy) is 1. The van der Waals surface area contributed by atoms with Crippen LogP contribution in [0.5, 0.6) is 5.75 Å². The minimum absolute atomic E-state index is 0.0716. The van der Waals surface area contributed by atoms with E-state index in [1.807, 2.05) is 18.4 Å². The molecule has 2 aromatic carbocycles. The molecule has 0 aliphatic rings. The van der Waals surface area contributed by atoms with Crippen molar-refractivity contribution >= 4 is 34.3 Å². The molecule has 1 heterocycles. The fourth-order valence-corrected chi connectivity index (χ4v) is 3.11. The number of hydrogen-bond acceptors (Lipinski definition) is 4. The summed E-state index contributed by atoms with van der Waals surface area (Å²) < 4.78 is 47.2. The number of rotatable bonds is 5. The van der Waals surface area contributed by atoms with Crippen molar-refractivity contribution in [3.05, 3.63) is 59.9 Å². The van der Waals surface area contributed by atoms with Crippen molar-refractivity contribution in [2.45, 2.75) is 12.1 Å². The first-order valence-electron chi connectivity index (χ1n) is 7.54. The summed E-state index contributed by atoms with van der Waals surface area (Å²) in [6, 6.07) is 12.5. The van der Waals surface area contributed by atoms with Gasteiger partial charge in [0.25, 0.3) is 5.91 Å². The third-order valence-corrected chi connectivity index (χ3v) is 4.13. The number of hydrogen-bond donors (Lipinski definition) is 1. The van der Waals surface area contributed by atoms with Crippen LogP contribution in [0, 0.1) is 0 Å². The van der Waals surface area contributed by atoms with E-state index >= 15 is 0 Å². The average molecular weight is 381 g/mol. The number of furan rings is 1. The fourth-order valence-electron chi connectivity index (χ4n) is 2.53. The van der Waals surface area contributed by atoms with Crippen molar-refractivity contribution in [2.75, 3.05) is 11.6 Å². The third kappa shape index (κ3) is 3.96. The summed E-state index contributed by atoms with van der Waals surface area (Å²) >= 11 is 1.51. The second kappa shape index (κ2) is 7.33. The van der Waals surface area contributed by atoms with Gasteiger partial charge in [-0.05, 0) is 24.5 Å². The Morgan fingerprint density at radius 2 is 1.85 bits per heavy atom. The largest absolute Gasteiger partial charge is 0.573 e. The number of benzene rings is 2. The summed E-state index contributed by atoms with van der Waals surface area (Å²) in [4.78, 5) is 12.6. The Bertz CT molecular complexity index is 937. The summed E-state index contributed by atoms with van der Waals surface area (Å²) in [6.07, 6.45) is -2.97. The summed E-state index contributed by atoms with van der Waals surface area (Å²) in [6.45, 7) is 0. The smallest absolute Gasteiger partial charge is 0.451 e. The van der Waals surface area contributed by atoms with Crippen LogP contribution in [-0.4, -0.2) is 18.5 Å². The highest BCUT2D eigenvalue weighted by Gasteiger charge is 2.32. The number of para-hydroxylation sites is 3. The monoisotopic (exact) mass is 381 g/mol. The van der Waals surface area contributed by atoms with Crippen molar-refractivity contribution in [2.24, 2.45) is 0 Å². The lowest BCUT2D eigenvalue weighted by Gasteiger charge is -2.13. The number of fused-ring (bicyclic) bond motifs is 1. The lowest BCUT2D eigenvalue weighted by molar-refractivity contribution is -0.274. The van der Waals surface area contributed by atoms with Gasteiger partial charge in [-0.25, -0.2) is 0 Å². The van der Waals surface area contributed by atoms with Gasteiger partial charge in [-0.2, -0.15) is 11.8 Å². The van der Waals surface area contributed by atoms with Crippen LogP contribution in [0.2, 0.25) is 0 Å². The molecule has 0 spiro atoms. The van der Waals surface area contributed by atoms with Gasteiger partial charge in [0.2, 0.25) is 0 Å². The minimum Gasteiger partial charge on any atom is -0.451 e. The standard InChI is InChI=1S/C18H14F3NO3S/c1-26-10-12-11-6-2-4-8-14(11)24-16(12)17(23)22-13-7-3-5-9-15(13)25-18(19,20)21/h2-9H,10H2,1H3,(H,22,23). The van der Waals surface area contributed by atoms with Gasteiger partial charge in [0.1, 0.15) is 5.58 Å². The lowest BCUT2D eigenvalue weighted by atomic mass is 10.1. The van der Waals surface area contributed by atoms with Gasteiger partial charge >= 0.3 is 6.36 Å². The van der Waals surface area contributed by atoms with Crippen LogP contribution in [0.4, 0.5) is 18.9 Å². The molecule has 1 amide bonds. The van der Waals surface area contributed by atoms with Crippen LogP contribution in [-0.2, 0) is 5.75 Å². The zero-order chi connectivity index (χ0) is 18.7. The van der Waals surface area contributed by atoms with Crippen LogP contribution in [0.1, 0.15) is 16.1 Å². The molecule has 1 aromatic heterocycles. The van der Waals surface area contributed by atoms with Crippen LogP contribution >= 0.6 is 11.8 Å². The van der Waals surface area contributed by atoms with Gasteiger partial charge in [-0.3, -0.25) is 4.79 Å². The van der Waals surface area contributed by atoms with E-state index in [4.69, 9.17) is 4.42 Å². The number of carbonyl (C=O) groups excluding carboxylic acids is 1. The Morgan fingerprint density at radius 1 is 1.15 bits per heavy atom. The number of carbonyl (C=O) groups is 1. The molecule has 26 heavy (non-hydrogen) atoms. The summed E-state index contributed by atoms with van der Waals surface area (Å²) in [5.74, 6) is -0.526. The maximum absolute atomic E-state index is 12.6. The molecule has 0 saturated heterocycles. The molecule has 0 aliphatic heterocycles. The van der Waals surface area contributed by atoms with Crippen molar-refractivity contribution in [3.8, 4) is 5.75 Å². The van der Waals surface area contributed by atoms with Gasteiger partial charge in [-0.1, -0.05) is 30.3 Å². The van der Waals surface area contributed by atoms with Crippen LogP contribution in [0.15, 0.2) is 52.9 Å². The Morgan fingerprint density at radius 3 is 2.58 bits per heavy atom. The zero-order valence-electron chi connectivity index (χ0n) is 13.6. The van der Waals surface area contributed by atoms with Crippen LogP contribution in [0.3, 0.4) is 0 Å². The molecule has 8 heteroatoms. The van der Waals surface area contributed by atoms with Gasteiger partial charge in [-0.15, -0.1) is 13.2 Å². The first kappa shape index (κ1) is 18.2. The van der Waals surface area contributed by atoms with Crippen molar-refractivity contribution in [1.29, 1.82) is 0 Å². The molecular weight excluding hydrogens is 367 g/mol. The molecule has 4 nitrogen and oxygen atoms in total. The third-order valence-electron chi connectivity index (χ3n) is 3.55. The molecule has 1 N–H and O–H groups in total. The maximum Gasteiger partial charge on any atom is 0.573 e. The van der Waals surface area contributed by atoms with E-state index in [9.17, 15) is 18.0 Å². The molecule has 0 unspecified atom stereocenters. The molecule has 3 aromatic rings. The van der Waals surface area contributed by atoms with Crippen molar-refractivity contribution in [1.82, 2.24) is 0 Å². The second-order valence-corrected chi connectivity index (χ2v) is 6.20. The Kier molecular flexibility index (Phi) is 5.13. The first-order valence-corrected chi connectivity index (χ1v) is 8.94. The molecule has 136 valence electrons. The number of anilines is 1. The van der Waals surface area contributed by atoms with E-state index < -0.39 is 18.0 Å². The molecular formula is C18H14F3NO3S. The summed E-state index contributed by atoms with van der Waals surface area (Å²) in [7, 11) is 0. The summed E-state index contributed by atoms with van der Waals surface area (Å²) in [5.41, 5.74) is 1.15. The number of amides is 1. The highest BCUT2D eigenvalue weighted by Crippen LogP contribution is 2.32. The second-order valence-electron chi connectivity index (χ2n) is 5.34. The van der Waals surface area contributed by atoms with Gasteiger partial charge < -0.3 is 14.5 Å². The average Bonchev–Trinajstić information content (AvgIpc) is 2.95. The minimum atomic E-state index is -4.86. The van der Waals surface area contributed by atoms with Crippen LogP contribution < -0.4 is 10.1 Å². The molecule has 0 fully saturated rings. The van der Waals surface area contributed by atoms with Crippen molar-refractivity contribution in [3.63, 3.8) is 0 Å². The Balaban J connectivity index is 1.94. The Hall–Kier alpha value is -2.61. The topological polar surface area (TPSA) is 51.5 Å². The maximum atomic E-state index is 12.6. The number of halogens is 3. The highest BCUT2D eigenvalue weighted by atomic mass is 32.2. The van der Waals surface area contributed by atoms with E-state index in [0.717, 1.165) is 11.5 Å². The quantitative estimate of drug-likeness (QED) is 0.639. The number of nitrogens with one attached hydrogen (secondary N) is 1. The fraction of sp³-hybridized carbons (Fsp3) is 0.167. The van der Waals surface area contributed by atoms with Crippen molar-refractivity contribution < 1.29 is 27.1 Å². The molecule has 0 bridgehead atoms. The van der Waals surface area contributed by atoms with Crippen LogP contribution in [0.25, 0.3) is 11.0 Å². The Labute approximate surface area is 151 Å². The van der Waals surface area contributed by atoms with E-state index in [-0.39, 0.29) is 11.4 Å². The first-order chi connectivity index (χ1) is 12.4.